The molecule has 1 aromatic heterocycles. The fourth-order valence-corrected chi connectivity index (χ4v) is 2.60. The summed E-state index contributed by atoms with van der Waals surface area (Å²) >= 11 is 2.55. The summed E-state index contributed by atoms with van der Waals surface area (Å²) in [6, 6.07) is 3.75. The van der Waals surface area contributed by atoms with Gasteiger partial charge in [-0.1, -0.05) is 11.8 Å². The number of rotatable bonds is 4. The molecule has 0 saturated heterocycles. The number of aromatic carboxylic acids is 1. The van der Waals surface area contributed by atoms with E-state index in [0.717, 1.165) is 4.34 Å². The quantitative estimate of drug-likeness (QED) is 0.865. The van der Waals surface area contributed by atoms with Gasteiger partial charge < -0.3 is 5.11 Å². The van der Waals surface area contributed by atoms with Gasteiger partial charge in [0.2, 0.25) is 0 Å². The van der Waals surface area contributed by atoms with E-state index >= 15 is 0 Å². The first kappa shape index (κ1) is 12.0. The van der Waals surface area contributed by atoms with Crippen molar-refractivity contribution in [3.8, 4) is 0 Å². The molecule has 1 aromatic carbocycles. The lowest BCUT2D eigenvalue weighted by Crippen LogP contribution is -1.98. The summed E-state index contributed by atoms with van der Waals surface area (Å²) in [6.07, 6.45) is 1.43. The van der Waals surface area contributed by atoms with Gasteiger partial charge in [-0.3, -0.25) is 0 Å². The van der Waals surface area contributed by atoms with Gasteiger partial charge in [0.1, 0.15) is 12.1 Å². The second-order valence-electron chi connectivity index (χ2n) is 3.11. The molecule has 0 aliphatic rings. The zero-order valence-corrected chi connectivity index (χ0v) is 10.1. The fraction of sp³-hybridized carbons (Fsp3) is 0.100. The van der Waals surface area contributed by atoms with Crippen LogP contribution < -0.4 is 0 Å². The molecule has 0 amide bonds. The standard InChI is InChI=1S/C10H7FN2O2S2/c11-8-2-1-6(9(14)15)3-7(8)4-16-10-12-5-13-17-10/h1-3,5H,4H2,(H,14,15). The van der Waals surface area contributed by atoms with Crippen LogP contribution in [0, 0.1) is 5.82 Å². The van der Waals surface area contributed by atoms with Crippen LogP contribution in [0.4, 0.5) is 4.39 Å². The molecule has 0 bridgehead atoms. The van der Waals surface area contributed by atoms with Gasteiger partial charge in [-0.2, -0.15) is 4.37 Å². The average Bonchev–Trinajstić information content (AvgIpc) is 2.80. The number of hydrogen-bond donors (Lipinski definition) is 1. The van der Waals surface area contributed by atoms with Crippen LogP contribution in [-0.2, 0) is 5.75 Å². The van der Waals surface area contributed by atoms with Crippen molar-refractivity contribution in [2.75, 3.05) is 0 Å². The number of hydrogen-bond acceptors (Lipinski definition) is 5. The Morgan fingerprint density at radius 1 is 1.53 bits per heavy atom. The second-order valence-corrected chi connectivity index (χ2v) is 5.11. The van der Waals surface area contributed by atoms with Crippen molar-refractivity contribution >= 4 is 29.3 Å². The summed E-state index contributed by atoms with van der Waals surface area (Å²) in [5.74, 6) is -1.14. The molecule has 0 spiro atoms. The summed E-state index contributed by atoms with van der Waals surface area (Å²) in [5.41, 5.74) is 0.435. The number of halogens is 1. The Morgan fingerprint density at radius 3 is 3.00 bits per heavy atom. The van der Waals surface area contributed by atoms with Crippen molar-refractivity contribution in [3.05, 3.63) is 41.5 Å². The molecule has 88 valence electrons. The third kappa shape index (κ3) is 3.01. The first-order valence-corrected chi connectivity index (χ1v) is 6.34. The smallest absolute Gasteiger partial charge is 0.335 e. The highest BCUT2D eigenvalue weighted by Gasteiger charge is 2.09. The minimum absolute atomic E-state index is 0.0827. The van der Waals surface area contributed by atoms with E-state index in [-0.39, 0.29) is 5.56 Å². The van der Waals surface area contributed by atoms with Gasteiger partial charge in [0, 0.05) is 5.75 Å². The second kappa shape index (κ2) is 5.24. The largest absolute Gasteiger partial charge is 0.478 e. The van der Waals surface area contributed by atoms with Crippen LogP contribution in [0.3, 0.4) is 0 Å². The first-order chi connectivity index (χ1) is 8.16. The summed E-state index contributed by atoms with van der Waals surface area (Å²) in [7, 11) is 0. The molecular formula is C10H7FN2O2S2. The Labute approximate surface area is 105 Å². The maximum atomic E-state index is 13.4. The van der Waals surface area contributed by atoms with E-state index in [1.54, 1.807) is 0 Å². The summed E-state index contributed by atoms with van der Waals surface area (Å²) < 4.78 is 18.0. The zero-order chi connectivity index (χ0) is 12.3. The first-order valence-electron chi connectivity index (χ1n) is 4.58. The monoisotopic (exact) mass is 270 g/mol. The predicted molar refractivity (Wildman–Crippen MR) is 62.8 cm³/mol. The Kier molecular flexibility index (Phi) is 3.70. The number of carbonyl (C=O) groups is 1. The maximum absolute atomic E-state index is 13.4. The number of nitrogens with zero attached hydrogens (tertiary/aromatic N) is 2. The lowest BCUT2D eigenvalue weighted by molar-refractivity contribution is 0.0696. The molecule has 0 saturated carbocycles. The number of aromatic nitrogens is 2. The third-order valence-corrected chi connectivity index (χ3v) is 3.83. The minimum Gasteiger partial charge on any atom is -0.478 e. The number of carboxylic acids is 1. The molecule has 1 heterocycles. The van der Waals surface area contributed by atoms with Crippen molar-refractivity contribution in [2.24, 2.45) is 0 Å². The van der Waals surface area contributed by atoms with Crippen molar-refractivity contribution < 1.29 is 14.3 Å². The van der Waals surface area contributed by atoms with Crippen molar-refractivity contribution in [3.63, 3.8) is 0 Å². The average molecular weight is 270 g/mol. The summed E-state index contributed by atoms with van der Waals surface area (Å²) in [5, 5.41) is 8.80. The van der Waals surface area contributed by atoms with E-state index in [9.17, 15) is 9.18 Å². The van der Waals surface area contributed by atoms with Crippen LogP contribution >= 0.6 is 23.3 Å². The molecule has 0 atom stereocenters. The van der Waals surface area contributed by atoms with Gasteiger partial charge >= 0.3 is 5.97 Å². The molecule has 0 unspecified atom stereocenters. The number of carboxylic acid groups (broad SMARTS) is 1. The normalized spacial score (nSPS) is 10.4. The van der Waals surface area contributed by atoms with Gasteiger partial charge in [-0.05, 0) is 35.3 Å². The van der Waals surface area contributed by atoms with E-state index in [1.165, 1.54) is 47.8 Å². The molecule has 17 heavy (non-hydrogen) atoms. The SMILES string of the molecule is O=C(O)c1ccc(F)c(CSc2ncns2)c1. The topological polar surface area (TPSA) is 63.1 Å². The lowest BCUT2D eigenvalue weighted by Gasteiger charge is -2.02. The zero-order valence-electron chi connectivity index (χ0n) is 8.46. The molecule has 0 aliphatic heterocycles. The van der Waals surface area contributed by atoms with Crippen LogP contribution in [0.15, 0.2) is 28.9 Å². The number of thioether (sulfide) groups is 1. The molecule has 0 fully saturated rings. The highest BCUT2D eigenvalue weighted by Crippen LogP contribution is 2.25. The Bertz CT molecular complexity index is 531. The molecule has 0 radical (unpaired) electrons. The van der Waals surface area contributed by atoms with E-state index < -0.39 is 11.8 Å². The van der Waals surface area contributed by atoms with E-state index in [4.69, 9.17) is 5.11 Å². The number of benzene rings is 1. The molecule has 0 aliphatic carbocycles. The summed E-state index contributed by atoms with van der Waals surface area (Å²) in [6.45, 7) is 0. The highest BCUT2D eigenvalue weighted by atomic mass is 32.2. The van der Waals surface area contributed by atoms with E-state index in [0.29, 0.717) is 11.3 Å². The van der Waals surface area contributed by atoms with Gasteiger partial charge in [0.05, 0.1) is 5.56 Å². The van der Waals surface area contributed by atoms with Gasteiger partial charge in [0.25, 0.3) is 0 Å². The Balaban J connectivity index is 2.14. The van der Waals surface area contributed by atoms with Crippen LogP contribution in [0.25, 0.3) is 0 Å². The van der Waals surface area contributed by atoms with Gasteiger partial charge in [0.15, 0.2) is 4.34 Å². The van der Waals surface area contributed by atoms with Crippen LogP contribution in [0.1, 0.15) is 15.9 Å². The minimum atomic E-state index is -1.06. The molecule has 1 N–H and O–H groups in total. The van der Waals surface area contributed by atoms with Crippen LogP contribution in [0.5, 0.6) is 0 Å². The summed E-state index contributed by atoms with van der Waals surface area (Å²) in [4.78, 5) is 14.7. The molecule has 2 aromatic rings. The molecule has 7 heteroatoms. The van der Waals surface area contributed by atoms with Crippen molar-refractivity contribution in [1.82, 2.24) is 9.36 Å². The molecule has 2 rings (SSSR count). The lowest BCUT2D eigenvalue weighted by atomic mass is 10.1. The van der Waals surface area contributed by atoms with Gasteiger partial charge in [-0.15, -0.1) is 0 Å². The maximum Gasteiger partial charge on any atom is 0.335 e. The fourth-order valence-electron chi connectivity index (χ4n) is 1.18. The predicted octanol–water partition coefficient (Wildman–Crippen LogP) is 2.67. The van der Waals surface area contributed by atoms with Crippen LogP contribution in [-0.4, -0.2) is 20.4 Å². The van der Waals surface area contributed by atoms with Crippen molar-refractivity contribution in [1.29, 1.82) is 0 Å². The van der Waals surface area contributed by atoms with E-state index in [1.807, 2.05) is 0 Å². The molecular weight excluding hydrogens is 263 g/mol. The van der Waals surface area contributed by atoms with Crippen LogP contribution in [0.2, 0.25) is 0 Å². The van der Waals surface area contributed by atoms with Crippen molar-refractivity contribution in [2.45, 2.75) is 10.1 Å². The third-order valence-electron chi connectivity index (χ3n) is 1.98. The Hall–Kier alpha value is -1.47. The Morgan fingerprint density at radius 2 is 2.35 bits per heavy atom. The van der Waals surface area contributed by atoms with E-state index in [2.05, 4.69) is 9.36 Å². The van der Waals surface area contributed by atoms with Gasteiger partial charge in [-0.25, -0.2) is 14.2 Å². The highest BCUT2D eigenvalue weighted by molar-refractivity contribution is 8.00. The molecule has 4 nitrogen and oxygen atoms in total.